The quantitative estimate of drug-likeness (QED) is 0.873. The van der Waals surface area contributed by atoms with Gasteiger partial charge in [-0.15, -0.1) is 0 Å². The summed E-state index contributed by atoms with van der Waals surface area (Å²) in [6.45, 7) is 0. The molecular formula is C15H13BrF3NO. The fourth-order valence-corrected chi connectivity index (χ4v) is 2.53. The lowest BCUT2D eigenvalue weighted by atomic mass is 9.97. The summed E-state index contributed by atoms with van der Waals surface area (Å²) in [5.74, 6) is 0.543. The van der Waals surface area contributed by atoms with Crippen LogP contribution in [-0.4, -0.2) is 7.11 Å². The van der Waals surface area contributed by atoms with Crippen molar-refractivity contribution in [2.75, 3.05) is 7.11 Å². The highest BCUT2D eigenvalue weighted by atomic mass is 79.9. The number of hydrogen-bond donors (Lipinski definition) is 1. The summed E-state index contributed by atoms with van der Waals surface area (Å²) < 4.78 is 44.0. The number of para-hydroxylation sites is 1. The molecule has 0 aliphatic carbocycles. The number of halogens is 4. The molecule has 0 bridgehead atoms. The normalized spacial score (nSPS) is 13.0. The fourth-order valence-electron chi connectivity index (χ4n) is 2.06. The molecule has 0 saturated carbocycles. The predicted molar refractivity (Wildman–Crippen MR) is 78.2 cm³/mol. The molecule has 2 N–H and O–H groups in total. The Balaban J connectivity index is 2.47. The van der Waals surface area contributed by atoms with Gasteiger partial charge in [-0.1, -0.05) is 40.2 Å². The summed E-state index contributed by atoms with van der Waals surface area (Å²) in [7, 11) is 1.49. The molecule has 0 aliphatic heterocycles. The van der Waals surface area contributed by atoms with Crippen LogP contribution in [0.4, 0.5) is 13.2 Å². The van der Waals surface area contributed by atoms with Crippen LogP contribution >= 0.6 is 15.9 Å². The molecule has 0 fully saturated rings. The minimum atomic E-state index is -4.44. The number of alkyl halides is 3. The van der Waals surface area contributed by atoms with E-state index in [-0.39, 0.29) is 4.47 Å². The Bertz CT molecular complexity index is 643. The van der Waals surface area contributed by atoms with Crippen LogP contribution in [0, 0.1) is 0 Å². The number of methoxy groups -OCH3 is 1. The zero-order valence-electron chi connectivity index (χ0n) is 11.1. The second-order valence-corrected chi connectivity index (χ2v) is 5.31. The van der Waals surface area contributed by atoms with Crippen molar-refractivity contribution in [2.24, 2.45) is 5.73 Å². The number of rotatable bonds is 3. The predicted octanol–water partition coefficient (Wildman–Crippen LogP) is 4.52. The molecule has 0 radical (unpaired) electrons. The molecule has 0 saturated heterocycles. The van der Waals surface area contributed by atoms with E-state index < -0.39 is 17.8 Å². The third kappa shape index (κ3) is 3.39. The first-order valence-electron chi connectivity index (χ1n) is 6.09. The molecule has 21 heavy (non-hydrogen) atoms. The molecule has 112 valence electrons. The molecule has 6 heteroatoms. The Morgan fingerprint density at radius 3 is 2.43 bits per heavy atom. The zero-order valence-corrected chi connectivity index (χ0v) is 12.7. The molecule has 2 rings (SSSR count). The van der Waals surface area contributed by atoms with Crippen molar-refractivity contribution in [1.82, 2.24) is 0 Å². The number of nitrogens with two attached hydrogens (primary N) is 1. The van der Waals surface area contributed by atoms with Crippen LogP contribution in [0.25, 0.3) is 0 Å². The second kappa shape index (κ2) is 6.07. The van der Waals surface area contributed by atoms with Crippen molar-refractivity contribution >= 4 is 15.9 Å². The Morgan fingerprint density at radius 2 is 1.81 bits per heavy atom. The molecule has 2 aromatic carbocycles. The van der Waals surface area contributed by atoms with E-state index in [2.05, 4.69) is 15.9 Å². The van der Waals surface area contributed by atoms with E-state index in [1.54, 1.807) is 30.3 Å². The van der Waals surface area contributed by atoms with Gasteiger partial charge in [0.05, 0.1) is 18.7 Å². The van der Waals surface area contributed by atoms with Crippen LogP contribution in [0.5, 0.6) is 5.75 Å². The minimum absolute atomic E-state index is 0.00835. The third-order valence-electron chi connectivity index (χ3n) is 3.13. The molecule has 0 amide bonds. The largest absolute Gasteiger partial charge is 0.496 e. The van der Waals surface area contributed by atoms with Crippen LogP contribution < -0.4 is 10.5 Å². The van der Waals surface area contributed by atoms with E-state index in [4.69, 9.17) is 10.5 Å². The van der Waals surface area contributed by atoms with Gasteiger partial charge in [0.1, 0.15) is 5.75 Å². The summed E-state index contributed by atoms with van der Waals surface area (Å²) in [5, 5.41) is 0. The van der Waals surface area contributed by atoms with Crippen molar-refractivity contribution in [1.29, 1.82) is 0 Å². The highest BCUT2D eigenvalue weighted by molar-refractivity contribution is 9.10. The summed E-state index contributed by atoms with van der Waals surface area (Å²) in [5.41, 5.74) is 6.35. The van der Waals surface area contributed by atoms with Crippen LogP contribution in [0.3, 0.4) is 0 Å². The Morgan fingerprint density at radius 1 is 1.14 bits per heavy atom. The van der Waals surface area contributed by atoms with Gasteiger partial charge < -0.3 is 10.5 Å². The standard InChI is InChI=1S/C15H13BrF3NO/c1-21-13-5-3-2-4-10(13)14(20)9-6-7-12(16)11(8-9)15(17,18)19/h2-8,14H,20H2,1H3. The van der Waals surface area contributed by atoms with Gasteiger partial charge in [0, 0.05) is 10.0 Å². The van der Waals surface area contributed by atoms with Crippen LogP contribution in [0.2, 0.25) is 0 Å². The van der Waals surface area contributed by atoms with E-state index in [9.17, 15) is 13.2 Å². The lowest BCUT2D eigenvalue weighted by Crippen LogP contribution is -2.15. The zero-order chi connectivity index (χ0) is 15.6. The fraction of sp³-hybridized carbons (Fsp3) is 0.200. The average molecular weight is 360 g/mol. The van der Waals surface area contributed by atoms with Gasteiger partial charge in [0.15, 0.2) is 0 Å². The highest BCUT2D eigenvalue weighted by Crippen LogP contribution is 2.37. The lowest BCUT2D eigenvalue weighted by molar-refractivity contribution is -0.138. The topological polar surface area (TPSA) is 35.2 Å². The van der Waals surface area contributed by atoms with Crippen molar-refractivity contribution < 1.29 is 17.9 Å². The molecule has 1 unspecified atom stereocenters. The summed E-state index contributed by atoms with van der Waals surface area (Å²) in [4.78, 5) is 0. The van der Waals surface area contributed by atoms with Gasteiger partial charge in [-0.2, -0.15) is 13.2 Å². The third-order valence-corrected chi connectivity index (χ3v) is 3.82. The maximum absolute atomic E-state index is 12.9. The first-order valence-corrected chi connectivity index (χ1v) is 6.89. The number of benzene rings is 2. The van der Waals surface area contributed by atoms with E-state index in [0.717, 1.165) is 6.07 Å². The summed E-state index contributed by atoms with van der Waals surface area (Å²) in [6.07, 6.45) is -4.44. The van der Waals surface area contributed by atoms with Crippen LogP contribution in [0.1, 0.15) is 22.7 Å². The van der Waals surface area contributed by atoms with Gasteiger partial charge >= 0.3 is 6.18 Å². The van der Waals surface area contributed by atoms with Crippen LogP contribution in [-0.2, 0) is 6.18 Å². The van der Waals surface area contributed by atoms with Gasteiger partial charge in [-0.3, -0.25) is 0 Å². The highest BCUT2D eigenvalue weighted by Gasteiger charge is 2.33. The van der Waals surface area contributed by atoms with Crippen molar-refractivity contribution in [2.45, 2.75) is 12.2 Å². The Kier molecular flexibility index (Phi) is 4.58. The molecule has 0 aromatic heterocycles. The van der Waals surface area contributed by atoms with Gasteiger partial charge in [-0.05, 0) is 23.8 Å². The summed E-state index contributed by atoms with van der Waals surface area (Å²) in [6, 6.07) is 10.3. The molecule has 0 spiro atoms. The molecule has 2 nitrogen and oxygen atoms in total. The molecule has 0 aliphatic rings. The van der Waals surface area contributed by atoms with Crippen LogP contribution in [0.15, 0.2) is 46.9 Å². The van der Waals surface area contributed by atoms with Crippen molar-refractivity contribution in [3.05, 3.63) is 63.6 Å². The minimum Gasteiger partial charge on any atom is -0.496 e. The maximum atomic E-state index is 12.9. The van der Waals surface area contributed by atoms with E-state index in [1.165, 1.54) is 13.2 Å². The molecule has 0 heterocycles. The average Bonchev–Trinajstić information content (AvgIpc) is 2.45. The molecular weight excluding hydrogens is 347 g/mol. The lowest BCUT2D eigenvalue weighted by Gasteiger charge is -2.18. The molecule has 1 atom stereocenters. The smallest absolute Gasteiger partial charge is 0.417 e. The maximum Gasteiger partial charge on any atom is 0.417 e. The van der Waals surface area contributed by atoms with Gasteiger partial charge in [-0.25, -0.2) is 0 Å². The Labute approximate surface area is 128 Å². The van der Waals surface area contributed by atoms with Gasteiger partial charge in [0.2, 0.25) is 0 Å². The SMILES string of the molecule is COc1ccccc1C(N)c1ccc(Br)c(C(F)(F)F)c1. The van der Waals surface area contributed by atoms with Gasteiger partial charge in [0.25, 0.3) is 0 Å². The molecule has 2 aromatic rings. The number of hydrogen-bond acceptors (Lipinski definition) is 2. The summed E-state index contributed by atoms with van der Waals surface area (Å²) >= 11 is 2.91. The van der Waals surface area contributed by atoms with Crippen molar-refractivity contribution in [3.63, 3.8) is 0 Å². The second-order valence-electron chi connectivity index (χ2n) is 4.46. The monoisotopic (exact) mass is 359 g/mol. The van der Waals surface area contributed by atoms with E-state index in [1.807, 2.05) is 0 Å². The number of ether oxygens (including phenoxy) is 1. The van der Waals surface area contributed by atoms with Crippen molar-refractivity contribution in [3.8, 4) is 5.75 Å². The van der Waals surface area contributed by atoms with E-state index >= 15 is 0 Å². The first kappa shape index (κ1) is 15.9. The van der Waals surface area contributed by atoms with E-state index in [0.29, 0.717) is 16.9 Å². The Hall–Kier alpha value is -1.53. The first-order chi connectivity index (χ1) is 9.84.